The van der Waals surface area contributed by atoms with Crippen LogP contribution in [0.3, 0.4) is 0 Å². The summed E-state index contributed by atoms with van der Waals surface area (Å²) >= 11 is 0. The highest BCUT2D eigenvalue weighted by atomic mass is 19.2. The number of piperazine rings is 1. The van der Waals surface area contributed by atoms with Crippen LogP contribution < -0.4 is 0 Å². The van der Waals surface area contributed by atoms with Crippen molar-refractivity contribution >= 4 is 5.91 Å². The minimum absolute atomic E-state index is 0.183. The summed E-state index contributed by atoms with van der Waals surface area (Å²) in [6.07, 6.45) is 0. The third kappa shape index (κ3) is 2.76. The molecule has 0 N–H and O–H groups in total. The number of carbonyl (C=O) groups is 1. The summed E-state index contributed by atoms with van der Waals surface area (Å²) in [5.74, 6) is -2.47. The molecule has 1 heterocycles. The van der Waals surface area contributed by atoms with Crippen LogP contribution in [0, 0.1) is 11.6 Å². The number of likely N-dealkylation sites (N-methyl/N-ethyl adjacent to an activating group) is 1. The van der Waals surface area contributed by atoms with E-state index in [1.807, 2.05) is 6.92 Å². The summed E-state index contributed by atoms with van der Waals surface area (Å²) in [6.45, 7) is 6.89. The molecule has 0 bridgehead atoms. The van der Waals surface area contributed by atoms with Gasteiger partial charge in [0.15, 0.2) is 11.6 Å². The number of nitrogens with zero attached hydrogens (tertiary/aromatic N) is 2. The molecule has 0 saturated carbocycles. The summed E-state index contributed by atoms with van der Waals surface area (Å²) in [7, 11) is 0. The molecular weight excluding hydrogens is 250 g/mol. The fraction of sp³-hybridized carbons (Fsp3) is 0.500. The Kier molecular flexibility index (Phi) is 4.14. The Morgan fingerprint density at radius 3 is 2.74 bits per heavy atom. The molecule has 104 valence electrons. The van der Waals surface area contributed by atoms with Crippen molar-refractivity contribution in [1.82, 2.24) is 9.80 Å². The number of benzene rings is 1. The highest BCUT2D eigenvalue weighted by Gasteiger charge is 2.28. The monoisotopic (exact) mass is 268 g/mol. The van der Waals surface area contributed by atoms with Gasteiger partial charge in [-0.25, -0.2) is 8.78 Å². The van der Waals surface area contributed by atoms with Gasteiger partial charge < -0.3 is 4.90 Å². The maximum Gasteiger partial charge on any atom is 0.257 e. The van der Waals surface area contributed by atoms with E-state index in [1.54, 1.807) is 4.90 Å². The van der Waals surface area contributed by atoms with Gasteiger partial charge in [0.2, 0.25) is 0 Å². The Morgan fingerprint density at radius 2 is 2.11 bits per heavy atom. The summed E-state index contributed by atoms with van der Waals surface area (Å²) in [5.41, 5.74) is -0.183. The van der Waals surface area contributed by atoms with Crippen LogP contribution in [-0.2, 0) is 0 Å². The number of amides is 1. The van der Waals surface area contributed by atoms with Crippen LogP contribution in [0.25, 0.3) is 0 Å². The first-order chi connectivity index (χ1) is 9.04. The molecule has 1 aromatic carbocycles. The number of rotatable bonds is 2. The Hall–Kier alpha value is -1.49. The normalized spacial score (nSPS) is 20.6. The summed E-state index contributed by atoms with van der Waals surface area (Å²) < 4.78 is 26.8. The van der Waals surface area contributed by atoms with Gasteiger partial charge in [0.05, 0.1) is 5.56 Å². The lowest BCUT2D eigenvalue weighted by atomic mass is 10.1. The van der Waals surface area contributed by atoms with E-state index in [4.69, 9.17) is 0 Å². The van der Waals surface area contributed by atoms with E-state index in [0.717, 1.165) is 19.2 Å². The van der Waals surface area contributed by atoms with Gasteiger partial charge in [-0.15, -0.1) is 0 Å². The van der Waals surface area contributed by atoms with E-state index >= 15 is 0 Å². The highest BCUT2D eigenvalue weighted by molar-refractivity contribution is 5.94. The first-order valence-corrected chi connectivity index (χ1v) is 6.52. The van der Waals surface area contributed by atoms with Crippen LogP contribution in [-0.4, -0.2) is 47.9 Å². The van der Waals surface area contributed by atoms with Crippen molar-refractivity contribution in [2.75, 3.05) is 26.2 Å². The van der Waals surface area contributed by atoms with E-state index in [2.05, 4.69) is 11.8 Å². The fourth-order valence-electron chi connectivity index (χ4n) is 2.49. The van der Waals surface area contributed by atoms with Crippen LogP contribution in [0.4, 0.5) is 8.78 Å². The second-order valence-electron chi connectivity index (χ2n) is 4.83. The van der Waals surface area contributed by atoms with E-state index in [-0.39, 0.29) is 11.6 Å². The lowest BCUT2D eigenvalue weighted by Crippen LogP contribution is -2.53. The van der Waals surface area contributed by atoms with Gasteiger partial charge in [0.1, 0.15) is 0 Å². The van der Waals surface area contributed by atoms with Gasteiger partial charge >= 0.3 is 0 Å². The molecule has 1 unspecified atom stereocenters. The molecule has 0 aromatic heterocycles. The van der Waals surface area contributed by atoms with Crippen LogP contribution in [0.5, 0.6) is 0 Å². The van der Waals surface area contributed by atoms with Crippen molar-refractivity contribution in [3.8, 4) is 0 Å². The van der Waals surface area contributed by atoms with E-state index in [0.29, 0.717) is 13.1 Å². The van der Waals surface area contributed by atoms with Gasteiger partial charge in [-0.05, 0) is 25.6 Å². The molecule has 1 aliphatic heterocycles. The predicted molar refractivity (Wildman–Crippen MR) is 69.0 cm³/mol. The number of carbonyl (C=O) groups excluding carboxylic acids is 1. The highest BCUT2D eigenvalue weighted by Crippen LogP contribution is 2.17. The average Bonchev–Trinajstić information content (AvgIpc) is 2.41. The maximum atomic E-state index is 13.6. The first kappa shape index (κ1) is 13.9. The number of halogens is 2. The predicted octanol–water partition coefficient (Wildman–Crippen LogP) is 2.13. The largest absolute Gasteiger partial charge is 0.336 e. The van der Waals surface area contributed by atoms with Crippen LogP contribution in [0.15, 0.2) is 18.2 Å². The Bertz CT molecular complexity index is 479. The fourth-order valence-corrected chi connectivity index (χ4v) is 2.49. The van der Waals surface area contributed by atoms with Crippen molar-refractivity contribution in [3.63, 3.8) is 0 Å². The molecule has 1 amide bonds. The molecule has 2 rings (SSSR count). The van der Waals surface area contributed by atoms with Crippen LogP contribution in [0.2, 0.25) is 0 Å². The Morgan fingerprint density at radius 1 is 1.37 bits per heavy atom. The molecule has 1 saturated heterocycles. The molecule has 0 aliphatic carbocycles. The molecule has 19 heavy (non-hydrogen) atoms. The van der Waals surface area contributed by atoms with Crippen LogP contribution in [0.1, 0.15) is 24.2 Å². The van der Waals surface area contributed by atoms with E-state index in [1.165, 1.54) is 12.1 Å². The molecule has 1 aromatic rings. The molecule has 1 atom stereocenters. The van der Waals surface area contributed by atoms with Crippen molar-refractivity contribution in [2.24, 2.45) is 0 Å². The van der Waals surface area contributed by atoms with Gasteiger partial charge in [0, 0.05) is 25.7 Å². The second-order valence-corrected chi connectivity index (χ2v) is 4.83. The van der Waals surface area contributed by atoms with Gasteiger partial charge in [0.25, 0.3) is 5.91 Å². The molecule has 5 heteroatoms. The van der Waals surface area contributed by atoms with Gasteiger partial charge in [-0.3, -0.25) is 9.69 Å². The van der Waals surface area contributed by atoms with Crippen molar-refractivity contribution in [2.45, 2.75) is 19.9 Å². The number of hydrogen-bond acceptors (Lipinski definition) is 2. The standard InChI is InChI=1S/C14H18F2N2O/c1-3-17-7-8-18(9-10(17)2)14(19)11-5-4-6-12(15)13(11)16/h4-6,10H,3,7-9H2,1-2H3. The molecule has 3 nitrogen and oxygen atoms in total. The lowest BCUT2D eigenvalue weighted by molar-refractivity contribution is 0.0523. The summed E-state index contributed by atoms with van der Waals surface area (Å²) in [6, 6.07) is 3.94. The molecule has 0 spiro atoms. The molecular formula is C14H18F2N2O. The third-order valence-corrected chi connectivity index (χ3v) is 3.64. The van der Waals surface area contributed by atoms with Crippen molar-refractivity contribution in [3.05, 3.63) is 35.4 Å². The molecule has 1 fully saturated rings. The minimum Gasteiger partial charge on any atom is -0.336 e. The zero-order valence-electron chi connectivity index (χ0n) is 11.2. The maximum absolute atomic E-state index is 13.6. The van der Waals surface area contributed by atoms with Crippen LogP contribution >= 0.6 is 0 Å². The first-order valence-electron chi connectivity index (χ1n) is 6.52. The zero-order chi connectivity index (χ0) is 14.0. The zero-order valence-corrected chi connectivity index (χ0v) is 11.2. The quantitative estimate of drug-likeness (QED) is 0.820. The lowest BCUT2D eigenvalue weighted by Gasteiger charge is -2.39. The SMILES string of the molecule is CCN1CCN(C(=O)c2cccc(F)c2F)CC1C. The smallest absolute Gasteiger partial charge is 0.257 e. The number of hydrogen-bond donors (Lipinski definition) is 0. The molecule has 0 radical (unpaired) electrons. The molecule has 1 aliphatic rings. The topological polar surface area (TPSA) is 23.6 Å². The van der Waals surface area contributed by atoms with Crippen molar-refractivity contribution in [1.29, 1.82) is 0 Å². The summed E-state index contributed by atoms with van der Waals surface area (Å²) in [5, 5.41) is 0. The van der Waals surface area contributed by atoms with E-state index < -0.39 is 17.5 Å². The van der Waals surface area contributed by atoms with E-state index in [9.17, 15) is 13.6 Å². The minimum atomic E-state index is -1.06. The van der Waals surface area contributed by atoms with Gasteiger partial charge in [-0.1, -0.05) is 13.0 Å². The Labute approximate surface area is 111 Å². The van der Waals surface area contributed by atoms with Gasteiger partial charge in [-0.2, -0.15) is 0 Å². The van der Waals surface area contributed by atoms with Crippen molar-refractivity contribution < 1.29 is 13.6 Å². The summed E-state index contributed by atoms with van der Waals surface area (Å²) in [4.78, 5) is 16.1. The second kappa shape index (κ2) is 5.65. The third-order valence-electron chi connectivity index (χ3n) is 3.64. The Balaban J connectivity index is 2.15. The average molecular weight is 268 g/mol.